The van der Waals surface area contributed by atoms with E-state index in [9.17, 15) is 35.6 Å². The number of primary sulfonamides is 1. The Morgan fingerprint density at radius 3 is 2.39 bits per heavy atom. The lowest BCUT2D eigenvalue weighted by molar-refractivity contribution is -0.137. The normalized spacial score (nSPS) is 23.1. The predicted octanol–water partition coefficient (Wildman–Crippen LogP) is 3.08. The van der Waals surface area contributed by atoms with E-state index in [1.165, 1.54) is 6.07 Å². The summed E-state index contributed by atoms with van der Waals surface area (Å²) in [5.74, 6) is -2.11. The SMILES string of the molecule is NS(=O)(=O)c1ccc(-c2ccc(F)cc2C(F)(F)F)c(CC2CCCC23NC(=O)NC3=O)c1. The van der Waals surface area contributed by atoms with E-state index in [4.69, 9.17) is 5.14 Å². The lowest BCUT2D eigenvalue weighted by atomic mass is 9.81. The summed E-state index contributed by atoms with van der Waals surface area (Å²) in [4.78, 5) is 24.0. The van der Waals surface area contributed by atoms with Crippen LogP contribution in [-0.4, -0.2) is 25.9 Å². The summed E-state index contributed by atoms with van der Waals surface area (Å²) in [7, 11) is -4.18. The molecule has 1 spiro atoms. The highest BCUT2D eigenvalue weighted by atomic mass is 32.2. The Morgan fingerprint density at radius 1 is 1.09 bits per heavy atom. The minimum absolute atomic E-state index is 0.0128. The number of alkyl halides is 3. The molecule has 1 aliphatic carbocycles. The fourth-order valence-corrected chi connectivity index (χ4v) is 5.32. The van der Waals surface area contributed by atoms with Gasteiger partial charge in [0.1, 0.15) is 11.4 Å². The molecule has 12 heteroatoms. The van der Waals surface area contributed by atoms with Crippen molar-refractivity contribution in [3.63, 3.8) is 0 Å². The second kappa shape index (κ2) is 7.80. The molecule has 2 fully saturated rings. The molecule has 33 heavy (non-hydrogen) atoms. The first-order valence-electron chi connectivity index (χ1n) is 9.98. The van der Waals surface area contributed by atoms with Gasteiger partial charge in [-0.05, 0) is 66.1 Å². The fourth-order valence-electron chi connectivity index (χ4n) is 4.75. The Morgan fingerprint density at radius 2 is 1.79 bits per heavy atom. The van der Waals surface area contributed by atoms with Crippen LogP contribution in [0.15, 0.2) is 41.3 Å². The van der Waals surface area contributed by atoms with E-state index in [0.717, 1.165) is 24.3 Å². The molecular formula is C21H19F4N3O4S. The highest BCUT2D eigenvalue weighted by molar-refractivity contribution is 7.89. The molecule has 2 aromatic carbocycles. The third-order valence-electron chi connectivity index (χ3n) is 6.24. The Balaban J connectivity index is 1.86. The first-order chi connectivity index (χ1) is 15.3. The maximum Gasteiger partial charge on any atom is 0.417 e. The van der Waals surface area contributed by atoms with Gasteiger partial charge in [0.05, 0.1) is 10.5 Å². The van der Waals surface area contributed by atoms with Crippen molar-refractivity contribution >= 4 is 22.0 Å². The van der Waals surface area contributed by atoms with Crippen molar-refractivity contribution in [2.75, 3.05) is 0 Å². The topological polar surface area (TPSA) is 118 Å². The summed E-state index contributed by atoms with van der Waals surface area (Å²) in [5, 5.41) is 10.0. The third-order valence-corrected chi connectivity index (χ3v) is 7.15. The van der Waals surface area contributed by atoms with Crippen LogP contribution >= 0.6 is 0 Å². The second-order valence-corrected chi connectivity index (χ2v) is 9.79. The van der Waals surface area contributed by atoms with Crippen molar-refractivity contribution in [3.05, 3.63) is 53.3 Å². The van der Waals surface area contributed by atoms with Gasteiger partial charge < -0.3 is 5.32 Å². The van der Waals surface area contributed by atoms with Gasteiger partial charge in [-0.3, -0.25) is 10.1 Å². The summed E-state index contributed by atoms with van der Waals surface area (Å²) < 4.78 is 78.5. The van der Waals surface area contributed by atoms with Gasteiger partial charge >= 0.3 is 12.2 Å². The molecule has 1 saturated heterocycles. The van der Waals surface area contributed by atoms with Gasteiger partial charge in [-0.2, -0.15) is 13.2 Å². The third kappa shape index (κ3) is 4.20. The largest absolute Gasteiger partial charge is 0.417 e. The van der Waals surface area contributed by atoms with Gasteiger partial charge in [0.2, 0.25) is 10.0 Å². The van der Waals surface area contributed by atoms with Gasteiger partial charge in [0.15, 0.2) is 0 Å². The van der Waals surface area contributed by atoms with E-state index in [1.54, 1.807) is 0 Å². The van der Waals surface area contributed by atoms with Crippen LogP contribution in [0.4, 0.5) is 22.4 Å². The molecule has 2 unspecified atom stereocenters. The molecule has 176 valence electrons. The zero-order chi connectivity index (χ0) is 24.2. The number of carbonyl (C=O) groups is 2. The first kappa shape index (κ1) is 23.2. The summed E-state index contributed by atoms with van der Waals surface area (Å²) in [6.45, 7) is 0. The van der Waals surface area contributed by atoms with Crippen LogP contribution in [0.25, 0.3) is 11.1 Å². The van der Waals surface area contributed by atoms with Crippen molar-refractivity contribution in [3.8, 4) is 11.1 Å². The summed E-state index contributed by atoms with van der Waals surface area (Å²) in [5.41, 5.74) is -2.59. The van der Waals surface area contributed by atoms with Crippen LogP contribution in [0.1, 0.15) is 30.4 Å². The zero-order valence-electron chi connectivity index (χ0n) is 17.0. The zero-order valence-corrected chi connectivity index (χ0v) is 17.8. The Bertz CT molecular complexity index is 1260. The molecule has 3 amide bonds. The van der Waals surface area contributed by atoms with Crippen LogP contribution in [0.5, 0.6) is 0 Å². The fraction of sp³-hybridized carbons (Fsp3) is 0.333. The first-order valence-corrected chi connectivity index (χ1v) is 11.5. The Labute approximate surface area is 186 Å². The molecule has 0 radical (unpaired) electrons. The number of hydrogen-bond acceptors (Lipinski definition) is 4. The Hall–Kier alpha value is -2.99. The van der Waals surface area contributed by atoms with E-state index in [0.29, 0.717) is 25.3 Å². The molecule has 2 aliphatic rings. The molecule has 1 saturated carbocycles. The van der Waals surface area contributed by atoms with E-state index >= 15 is 0 Å². The van der Waals surface area contributed by atoms with E-state index < -0.39 is 51.0 Å². The quantitative estimate of drug-likeness (QED) is 0.456. The van der Waals surface area contributed by atoms with Crippen LogP contribution in [-0.2, 0) is 27.4 Å². The number of nitrogens with two attached hydrogens (primary N) is 1. The number of sulfonamides is 1. The van der Waals surface area contributed by atoms with Gasteiger partial charge in [-0.1, -0.05) is 18.6 Å². The number of nitrogens with one attached hydrogen (secondary N) is 2. The number of imide groups is 1. The maximum atomic E-state index is 13.7. The monoisotopic (exact) mass is 485 g/mol. The molecule has 1 heterocycles. The lowest BCUT2D eigenvalue weighted by Gasteiger charge is -2.29. The molecule has 0 aromatic heterocycles. The maximum absolute atomic E-state index is 13.7. The number of carbonyl (C=O) groups excluding carboxylic acids is 2. The smallest absolute Gasteiger partial charge is 0.323 e. The molecule has 2 atom stereocenters. The summed E-state index contributed by atoms with van der Waals surface area (Å²) >= 11 is 0. The number of rotatable bonds is 4. The Kier molecular flexibility index (Phi) is 5.48. The molecule has 7 nitrogen and oxygen atoms in total. The highest BCUT2D eigenvalue weighted by Crippen LogP contribution is 2.43. The number of amides is 3. The van der Waals surface area contributed by atoms with Crippen molar-refractivity contribution in [2.24, 2.45) is 11.1 Å². The highest BCUT2D eigenvalue weighted by Gasteiger charge is 2.54. The van der Waals surface area contributed by atoms with Gasteiger partial charge in [0.25, 0.3) is 5.91 Å². The second-order valence-electron chi connectivity index (χ2n) is 8.22. The van der Waals surface area contributed by atoms with Crippen molar-refractivity contribution in [2.45, 2.75) is 42.3 Å². The number of hydrogen-bond donors (Lipinski definition) is 3. The van der Waals surface area contributed by atoms with Crippen LogP contribution in [0.2, 0.25) is 0 Å². The minimum Gasteiger partial charge on any atom is -0.323 e. The molecule has 0 bridgehead atoms. The number of halogens is 4. The molecule has 1 aliphatic heterocycles. The van der Waals surface area contributed by atoms with Gasteiger partial charge in [-0.25, -0.2) is 22.7 Å². The van der Waals surface area contributed by atoms with Crippen molar-refractivity contribution in [1.82, 2.24) is 10.6 Å². The van der Waals surface area contributed by atoms with Crippen molar-refractivity contribution in [1.29, 1.82) is 0 Å². The average Bonchev–Trinajstić information content (AvgIpc) is 3.23. The predicted molar refractivity (Wildman–Crippen MR) is 109 cm³/mol. The summed E-state index contributed by atoms with van der Waals surface area (Å²) in [6.07, 6.45) is -3.50. The van der Waals surface area contributed by atoms with E-state index in [-0.39, 0.29) is 28.0 Å². The van der Waals surface area contributed by atoms with E-state index in [1.807, 2.05) is 0 Å². The van der Waals surface area contributed by atoms with Crippen LogP contribution < -0.4 is 15.8 Å². The standard InChI is InChI=1S/C21H19F4N3O4S/c22-13-3-5-16(17(10-13)21(23,24)25)15-6-4-14(33(26,31)32)9-11(15)8-12-2-1-7-20(12)18(29)27-19(30)28-20/h3-6,9-10,12H,1-2,7-8H2,(H2,26,31,32)(H2,27,28,29,30). The van der Waals surface area contributed by atoms with Gasteiger partial charge in [0, 0.05) is 0 Å². The minimum atomic E-state index is -4.87. The molecule has 2 aromatic rings. The van der Waals surface area contributed by atoms with Crippen LogP contribution in [0, 0.1) is 11.7 Å². The molecule has 4 N–H and O–H groups in total. The van der Waals surface area contributed by atoms with Crippen molar-refractivity contribution < 1.29 is 35.6 Å². The number of benzene rings is 2. The summed E-state index contributed by atoms with van der Waals surface area (Å²) in [6, 6.07) is 4.98. The van der Waals surface area contributed by atoms with Gasteiger partial charge in [-0.15, -0.1) is 0 Å². The molecular weight excluding hydrogens is 466 g/mol. The lowest BCUT2D eigenvalue weighted by Crippen LogP contribution is -2.50. The average molecular weight is 485 g/mol. The van der Waals surface area contributed by atoms with E-state index in [2.05, 4.69) is 10.6 Å². The van der Waals surface area contributed by atoms with Crippen LogP contribution in [0.3, 0.4) is 0 Å². The number of urea groups is 1. The molecule has 4 rings (SSSR count).